The van der Waals surface area contributed by atoms with E-state index in [4.69, 9.17) is 5.73 Å². The minimum Gasteiger partial charge on any atom is -0.364 e. The molecule has 1 aromatic rings. The van der Waals surface area contributed by atoms with Gasteiger partial charge in [0.15, 0.2) is 0 Å². The Balaban J connectivity index is 2.28. The van der Waals surface area contributed by atoms with Gasteiger partial charge < -0.3 is 5.73 Å². The third-order valence-electron chi connectivity index (χ3n) is 3.58. The Hall–Kier alpha value is -0.900. The molecule has 0 spiro atoms. The van der Waals surface area contributed by atoms with E-state index in [-0.39, 0.29) is 0 Å². The predicted octanol–water partition coefficient (Wildman–Crippen LogP) is 3.24. The van der Waals surface area contributed by atoms with Crippen LogP contribution in [-0.4, -0.2) is 10.9 Å². The van der Waals surface area contributed by atoms with Gasteiger partial charge in [-0.1, -0.05) is 25.8 Å². The molecule has 4 heteroatoms. The van der Waals surface area contributed by atoms with Gasteiger partial charge in [-0.25, -0.2) is 4.98 Å². The van der Waals surface area contributed by atoms with Gasteiger partial charge in [-0.3, -0.25) is 4.79 Å². The van der Waals surface area contributed by atoms with Crippen molar-refractivity contribution in [3.63, 3.8) is 0 Å². The van der Waals surface area contributed by atoms with Crippen LogP contribution in [0.4, 0.5) is 0 Å². The Labute approximate surface area is 110 Å². The van der Waals surface area contributed by atoms with Crippen molar-refractivity contribution >= 4 is 21.8 Å². The first-order chi connectivity index (χ1) is 8.08. The molecule has 0 atom stereocenters. The molecule has 0 saturated heterocycles. The standard InChI is InChI=1S/C13H17BrN2O/c1-8-2-4-9(5-3-8)10-6-7-11(14)16-12(10)13(15)17/h6-9H,2-5H2,1H3,(H2,15,17). The van der Waals surface area contributed by atoms with Gasteiger partial charge in [-0.05, 0) is 52.2 Å². The summed E-state index contributed by atoms with van der Waals surface area (Å²) in [6.45, 7) is 2.28. The van der Waals surface area contributed by atoms with Crippen LogP contribution in [-0.2, 0) is 0 Å². The zero-order valence-corrected chi connectivity index (χ0v) is 11.5. The lowest BCUT2D eigenvalue weighted by molar-refractivity contribution is 0.0993. The highest BCUT2D eigenvalue weighted by molar-refractivity contribution is 9.10. The summed E-state index contributed by atoms with van der Waals surface area (Å²) in [6.07, 6.45) is 4.70. The van der Waals surface area contributed by atoms with E-state index in [0.29, 0.717) is 16.2 Å². The van der Waals surface area contributed by atoms with Gasteiger partial charge in [0.25, 0.3) is 5.91 Å². The van der Waals surface area contributed by atoms with Crippen molar-refractivity contribution in [2.24, 2.45) is 11.7 Å². The Morgan fingerprint density at radius 1 is 1.35 bits per heavy atom. The number of hydrogen-bond acceptors (Lipinski definition) is 2. The first kappa shape index (κ1) is 12.6. The molecule has 2 rings (SSSR count). The third-order valence-corrected chi connectivity index (χ3v) is 4.02. The van der Waals surface area contributed by atoms with Crippen LogP contribution in [0.15, 0.2) is 16.7 Å². The van der Waals surface area contributed by atoms with Gasteiger partial charge in [0.1, 0.15) is 10.3 Å². The number of carbonyl (C=O) groups is 1. The monoisotopic (exact) mass is 296 g/mol. The zero-order chi connectivity index (χ0) is 12.4. The fourth-order valence-electron chi connectivity index (χ4n) is 2.54. The number of nitrogens with zero attached hydrogens (tertiary/aromatic N) is 1. The first-order valence-electron chi connectivity index (χ1n) is 6.04. The first-order valence-corrected chi connectivity index (χ1v) is 6.83. The summed E-state index contributed by atoms with van der Waals surface area (Å²) in [5.74, 6) is 0.806. The van der Waals surface area contributed by atoms with Crippen LogP contribution in [0.1, 0.15) is 54.6 Å². The maximum absolute atomic E-state index is 11.4. The normalized spacial score (nSPS) is 24.6. The highest BCUT2D eigenvalue weighted by atomic mass is 79.9. The average molecular weight is 297 g/mol. The second-order valence-electron chi connectivity index (χ2n) is 4.89. The van der Waals surface area contributed by atoms with Crippen LogP contribution in [0.3, 0.4) is 0 Å². The number of rotatable bonds is 2. The van der Waals surface area contributed by atoms with Gasteiger partial charge in [-0.15, -0.1) is 0 Å². The highest BCUT2D eigenvalue weighted by Crippen LogP contribution is 2.36. The third kappa shape index (κ3) is 2.86. The van der Waals surface area contributed by atoms with Crippen molar-refractivity contribution in [3.8, 4) is 0 Å². The van der Waals surface area contributed by atoms with Gasteiger partial charge in [0.2, 0.25) is 0 Å². The number of amides is 1. The van der Waals surface area contributed by atoms with Crippen molar-refractivity contribution in [3.05, 3.63) is 28.0 Å². The SMILES string of the molecule is CC1CCC(c2ccc(Br)nc2C(N)=O)CC1. The maximum Gasteiger partial charge on any atom is 0.267 e. The van der Waals surface area contributed by atoms with E-state index < -0.39 is 5.91 Å². The van der Waals surface area contributed by atoms with E-state index in [2.05, 4.69) is 27.8 Å². The molecular formula is C13H17BrN2O. The lowest BCUT2D eigenvalue weighted by Gasteiger charge is -2.27. The van der Waals surface area contributed by atoms with Crippen molar-refractivity contribution in [2.45, 2.75) is 38.5 Å². The summed E-state index contributed by atoms with van der Waals surface area (Å²) in [4.78, 5) is 15.6. The Bertz CT molecular complexity index is 425. The van der Waals surface area contributed by atoms with Crippen LogP contribution >= 0.6 is 15.9 Å². The van der Waals surface area contributed by atoms with Crippen LogP contribution in [0.25, 0.3) is 0 Å². The van der Waals surface area contributed by atoms with E-state index >= 15 is 0 Å². The fourth-order valence-corrected chi connectivity index (χ4v) is 2.85. The number of pyridine rings is 1. The minimum absolute atomic E-state index is 0.430. The van der Waals surface area contributed by atoms with Gasteiger partial charge in [-0.2, -0.15) is 0 Å². The van der Waals surface area contributed by atoms with Crippen LogP contribution in [0.2, 0.25) is 0 Å². The molecule has 0 unspecified atom stereocenters. The molecule has 17 heavy (non-hydrogen) atoms. The van der Waals surface area contributed by atoms with Crippen molar-refractivity contribution in [2.75, 3.05) is 0 Å². The number of aromatic nitrogens is 1. The van der Waals surface area contributed by atoms with Crippen molar-refractivity contribution < 1.29 is 4.79 Å². The number of primary amides is 1. The van der Waals surface area contributed by atoms with Crippen molar-refractivity contribution in [1.82, 2.24) is 4.98 Å². The molecule has 1 saturated carbocycles. The lowest BCUT2D eigenvalue weighted by atomic mass is 9.79. The van der Waals surface area contributed by atoms with Crippen LogP contribution in [0.5, 0.6) is 0 Å². The molecule has 1 aliphatic carbocycles. The molecule has 1 heterocycles. The molecule has 1 amide bonds. The summed E-state index contributed by atoms with van der Waals surface area (Å²) in [6, 6.07) is 3.87. The summed E-state index contributed by atoms with van der Waals surface area (Å²) in [5.41, 5.74) is 6.85. The van der Waals surface area contributed by atoms with E-state index in [0.717, 1.165) is 24.3 Å². The predicted molar refractivity (Wildman–Crippen MR) is 70.8 cm³/mol. The molecule has 2 N–H and O–H groups in total. The van der Waals surface area contributed by atoms with Crippen LogP contribution < -0.4 is 5.73 Å². The lowest BCUT2D eigenvalue weighted by Crippen LogP contribution is -2.20. The number of halogens is 1. The minimum atomic E-state index is -0.431. The summed E-state index contributed by atoms with van der Waals surface area (Å²) in [5, 5.41) is 0. The Morgan fingerprint density at radius 3 is 2.59 bits per heavy atom. The molecule has 0 radical (unpaired) electrons. The summed E-state index contributed by atoms with van der Waals surface area (Å²) in [7, 11) is 0. The molecule has 92 valence electrons. The number of carbonyl (C=O) groups excluding carboxylic acids is 1. The molecule has 1 fully saturated rings. The smallest absolute Gasteiger partial charge is 0.267 e. The van der Waals surface area contributed by atoms with E-state index in [9.17, 15) is 4.79 Å². The largest absolute Gasteiger partial charge is 0.364 e. The fraction of sp³-hybridized carbons (Fsp3) is 0.538. The summed E-state index contributed by atoms with van der Waals surface area (Å²) >= 11 is 3.28. The van der Waals surface area contributed by atoms with E-state index in [1.165, 1.54) is 12.8 Å². The molecule has 1 aromatic heterocycles. The Morgan fingerprint density at radius 2 is 2.00 bits per heavy atom. The Kier molecular flexibility index (Phi) is 3.82. The molecule has 0 bridgehead atoms. The number of nitrogens with two attached hydrogens (primary N) is 1. The molecule has 0 aromatic carbocycles. The van der Waals surface area contributed by atoms with Gasteiger partial charge >= 0.3 is 0 Å². The maximum atomic E-state index is 11.4. The molecule has 3 nitrogen and oxygen atoms in total. The van der Waals surface area contributed by atoms with E-state index in [1.54, 1.807) is 0 Å². The number of hydrogen-bond donors (Lipinski definition) is 1. The molecule has 1 aliphatic rings. The van der Waals surface area contributed by atoms with Crippen molar-refractivity contribution in [1.29, 1.82) is 0 Å². The molecule has 0 aliphatic heterocycles. The quantitative estimate of drug-likeness (QED) is 0.852. The van der Waals surface area contributed by atoms with Crippen LogP contribution in [0, 0.1) is 5.92 Å². The van der Waals surface area contributed by atoms with Gasteiger partial charge in [0, 0.05) is 0 Å². The molecular weight excluding hydrogens is 280 g/mol. The second kappa shape index (κ2) is 5.17. The second-order valence-corrected chi connectivity index (χ2v) is 5.71. The summed E-state index contributed by atoms with van der Waals surface area (Å²) < 4.78 is 0.666. The topological polar surface area (TPSA) is 56.0 Å². The van der Waals surface area contributed by atoms with E-state index in [1.807, 2.05) is 12.1 Å². The van der Waals surface area contributed by atoms with Gasteiger partial charge in [0.05, 0.1) is 0 Å². The average Bonchev–Trinajstić information content (AvgIpc) is 2.30. The highest BCUT2D eigenvalue weighted by Gasteiger charge is 2.24. The zero-order valence-electron chi connectivity index (χ0n) is 9.95.